The predicted octanol–water partition coefficient (Wildman–Crippen LogP) is 1.22. The van der Waals surface area contributed by atoms with Gasteiger partial charge in [-0.2, -0.15) is 0 Å². The zero-order valence-corrected chi connectivity index (χ0v) is 11.8. The molecule has 0 aliphatic heterocycles. The lowest BCUT2D eigenvalue weighted by atomic mass is 10.1. The third kappa shape index (κ3) is 4.62. The smallest absolute Gasteiger partial charge is 0.252 e. The number of rotatable bonds is 3. The van der Waals surface area contributed by atoms with E-state index in [4.69, 9.17) is 5.73 Å². The van der Waals surface area contributed by atoms with Crippen LogP contribution in [0.2, 0.25) is 0 Å². The molecular weight excluding hydrogens is 242 g/mol. The Morgan fingerprint density at radius 3 is 2.47 bits per heavy atom. The van der Waals surface area contributed by atoms with Gasteiger partial charge < -0.3 is 16.4 Å². The van der Waals surface area contributed by atoms with Crippen LogP contribution in [0.15, 0.2) is 18.2 Å². The van der Waals surface area contributed by atoms with Crippen LogP contribution in [0.4, 0.5) is 5.69 Å². The van der Waals surface area contributed by atoms with E-state index >= 15 is 0 Å². The second kappa shape index (κ2) is 5.73. The minimum Gasteiger partial charge on any atom is -0.398 e. The molecule has 0 aliphatic rings. The van der Waals surface area contributed by atoms with Crippen LogP contribution in [0.5, 0.6) is 0 Å². The molecule has 0 aliphatic carbocycles. The van der Waals surface area contributed by atoms with Gasteiger partial charge in [0, 0.05) is 16.8 Å². The van der Waals surface area contributed by atoms with Gasteiger partial charge in [0.15, 0.2) is 0 Å². The van der Waals surface area contributed by atoms with Gasteiger partial charge in [-0.05, 0) is 45.4 Å². The number of nitrogens with one attached hydrogen (secondary N) is 2. The first-order chi connectivity index (χ1) is 8.70. The fraction of sp³-hybridized carbons (Fsp3) is 0.429. The van der Waals surface area contributed by atoms with E-state index in [1.165, 1.54) is 0 Å². The van der Waals surface area contributed by atoms with Gasteiger partial charge >= 0.3 is 0 Å². The molecule has 2 amide bonds. The van der Waals surface area contributed by atoms with Crippen LogP contribution in [-0.2, 0) is 4.79 Å². The third-order valence-electron chi connectivity index (χ3n) is 2.54. The molecule has 0 aromatic heterocycles. The summed E-state index contributed by atoms with van der Waals surface area (Å²) in [6, 6.07) is 5.13. The summed E-state index contributed by atoms with van der Waals surface area (Å²) in [5.41, 5.74) is 7.20. The lowest BCUT2D eigenvalue weighted by Gasteiger charge is -2.20. The second-order valence-electron chi connectivity index (χ2n) is 5.50. The van der Waals surface area contributed by atoms with E-state index in [0.29, 0.717) is 11.3 Å². The number of anilines is 1. The van der Waals surface area contributed by atoms with Crippen LogP contribution in [0.1, 0.15) is 36.7 Å². The summed E-state index contributed by atoms with van der Waals surface area (Å²) in [5, 5.41) is 5.36. The molecule has 0 radical (unpaired) electrons. The van der Waals surface area contributed by atoms with Crippen molar-refractivity contribution in [3.05, 3.63) is 29.3 Å². The van der Waals surface area contributed by atoms with Crippen LogP contribution in [0, 0.1) is 6.92 Å². The molecule has 0 bridgehead atoms. The van der Waals surface area contributed by atoms with Crippen molar-refractivity contribution in [2.45, 2.75) is 33.2 Å². The molecule has 104 valence electrons. The zero-order valence-electron chi connectivity index (χ0n) is 11.8. The first-order valence-electron chi connectivity index (χ1n) is 6.15. The molecule has 0 heterocycles. The Kier molecular flexibility index (Phi) is 4.53. The Morgan fingerprint density at radius 1 is 1.26 bits per heavy atom. The first-order valence-corrected chi connectivity index (χ1v) is 6.15. The number of hydrogen-bond donors (Lipinski definition) is 3. The normalized spacial score (nSPS) is 10.9. The van der Waals surface area contributed by atoms with Gasteiger partial charge in [0.05, 0.1) is 6.54 Å². The second-order valence-corrected chi connectivity index (χ2v) is 5.50. The molecule has 19 heavy (non-hydrogen) atoms. The highest BCUT2D eigenvalue weighted by Crippen LogP contribution is 2.15. The molecule has 5 nitrogen and oxygen atoms in total. The summed E-state index contributed by atoms with van der Waals surface area (Å²) in [4.78, 5) is 23.5. The molecule has 0 spiro atoms. The molecule has 1 aromatic rings. The Morgan fingerprint density at radius 2 is 1.89 bits per heavy atom. The van der Waals surface area contributed by atoms with E-state index in [1.807, 2.05) is 20.8 Å². The van der Waals surface area contributed by atoms with Crippen LogP contribution in [0.25, 0.3) is 0 Å². The van der Waals surface area contributed by atoms with Gasteiger partial charge in [-0.3, -0.25) is 9.59 Å². The van der Waals surface area contributed by atoms with Gasteiger partial charge in [0.2, 0.25) is 5.91 Å². The molecule has 0 saturated heterocycles. The van der Waals surface area contributed by atoms with E-state index in [9.17, 15) is 9.59 Å². The van der Waals surface area contributed by atoms with E-state index in [2.05, 4.69) is 10.6 Å². The van der Waals surface area contributed by atoms with E-state index < -0.39 is 0 Å². The van der Waals surface area contributed by atoms with Crippen LogP contribution < -0.4 is 16.4 Å². The molecule has 4 N–H and O–H groups in total. The maximum absolute atomic E-state index is 11.9. The monoisotopic (exact) mass is 263 g/mol. The summed E-state index contributed by atoms with van der Waals surface area (Å²) in [6.07, 6.45) is 0. The van der Waals surface area contributed by atoms with Crippen molar-refractivity contribution in [2.24, 2.45) is 0 Å². The molecular formula is C14H21N3O2. The average molecular weight is 263 g/mol. The molecule has 5 heteroatoms. The van der Waals surface area contributed by atoms with E-state index in [0.717, 1.165) is 5.56 Å². The maximum atomic E-state index is 11.9. The van der Waals surface area contributed by atoms with Crippen LogP contribution in [-0.4, -0.2) is 23.9 Å². The highest BCUT2D eigenvalue weighted by molar-refractivity contribution is 5.98. The quantitative estimate of drug-likeness (QED) is 0.717. The number of benzene rings is 1. The van der Waals surface area contributed by atoms with Crippen molar-refractivity contribution in [3.63, 3.8) is 0 Å². The Balaban J connectivity index is 2.61. The van der Waals surface area contributed by atoms with Crippen molar-refractivity contribution in [1.29, 1.82) is 0 Å². The van der Waals surface area contributed by atoms with Crippen LogP contribution in [0.3, 0.4) is 0 Å². The molecule has 0 unspecified atom stereocenters. The van der Waals surface area contributed by atoms with Crippen molar-refractivity contribution < 1.29 is 9.59 Å². The fourth-order valence-electron chi connectivity index (χ4n) is 1.62. The van der Waals surface area contributed by atoms with Gasteiger partial charge in [-0.25, -0.2) is 0 Å². The summed E-state index contributed by atoms with van der Waals surface area (Å²) in [5.74, 6) is -0.517. The summed E-state index contributed by atoms with van der Waals surface area (Å²) < 4.78 is 0. The van der Waals surface area contributed by atoms with E-state index in [1.54, 1.807) is 25.1 Å². The minimum absolute atomic E-state index is 0.0512. The molecule has 0 atom stereocenters. The number of nitrogens with two attached hydrogens (primary N) is 1. The molecule has 1 rings (SSSR count). The van der Waals surface area contributed by atoms with Gasteiger partial charge in [0.25, 0.3) is 5.91 Å². The number of carbonyl (C=O) groups excluding carboxylic acids is 2. The summed E-state index contributed by atoms with van der Waals surface area (Å²) in [6.45, 7) is 7.38. The highest BCUT2D eigenvalue weighted by Gasteiger charge is 2.15. The fourth-order valence-corrected chi connectivity index (χ4v) is 1.62. The first kappa shape index (κ1) is 15.0. The Labute approximate surface area is 113 Å². The number of nitrogen functional groups attached to an aromatic ring is 1. The zero-order chi connectivity index (χ0) is 14.6. The van der Waals surface area contributed by atoms with Gasteiger partial charge in [-0.15, -0.1) is 0 Å². The van der Waals surface area contributed by atoms with Crippen molar-refractivity contribution in [1.82, 2.24) is 10.6 Å². The molecule has 0 fully saturated rings. The van der Waals surface area contributed by atoms with Gasteiger partial charge in [0.1, 0.15) is 0 Å². The lowest BCUT2D eigenvalue weighted by Crippen LogP contribution is -2.45. The number of carbonyl (C=O) groups is 2. The summed E-state index contributed by atoms with van der Waals surface area (Å²) in [7, 11) is 0. The topological polar surface area (TPSA) is 84.2 Å². The third-order valence-corrected chi connectivity index (χ3v) is 2.54. The standard InChI is InChI=1S/C14H21N3O2/c1-9-10(6-5-7-11(9)15)13(19)16-8-12(18)17-14(2,3)4/h5-7H,8,15H2,1-4H3,(H,16,19)(H,17,18). The lowest BCUT2D eigenvalue weighted by molar-refractivity contribution is -0.121. The number of hydrogen-bond acceptors (Lipinski definition) is 3. The maximum Gasteiger partial charge on any atom is 0.252 e. The van der Waals surface area contributed by atoms with Crippen LogP contribution >= 0.6 is 0 Å². The SMILES string of the molecule is Cc1c(N)cccc1C(=O)NCC(=O)NC(C)(C)C. The Hall–Kier alpha value is -2.04. The Bertz CT molecular complexity index is 490. The van der Waals surface area contributed by atoms with Gasteiger partial charge in [-0.1, -0.05) is 6.07 Å². The van der Waals surface area contributed by atoms with Crippen molar-refractivity contribution >= 4 is 17.5 Å². The molecule has 1 aromatic carbocycles. The highest BCUT2D eigenvalue weighted by atomic mass is 16.2. The van der Waals surface area contributed by atoms with Crippen molar-refractivity contribution in [3.8, 4) is 0 Å². The molecule has 0 saturated carbocycles. The average Bonchev–Trinajstić information content (AvgIpc) is 2.27. The van der Waals surface area contributed by atoms with Crippen molar-refractivity contribution in [2.75, 3.05) is 12.3 Å². The van der Waals surface area contributed by atoms with E-state index in [-0.39, 0.29) is 23.9 Å². The summed E-state index contributed by atoms with van der Waals surface area (Å²) >= 11 is 0. The minimum atomic E-state index is -0.311. The number of amides is 2. The predicted molar refractivity (Wildman–Crippen MR) is 75.8 cm³/mol. The largest absolute Gasteiger partial charge is 0.398 e.